The standard InChI is InChI=1S/C11H21NO2/c1-6-9(11(13)14-12)10(7(2)3)8(4)5/h7-8H,6,12H2,1-5H3. The van der Waals surface area contributed by atoms with E-state index < -0.39 is 5.97 Å². The molecule has 0 rings (SSSR count). The van der Waals surface area contributed by atoms with Gasteiger partial charge in [-0.25, -0.2) is 4.79 Å². The maximum atomic E-state index is 11.4. The molecule has 0 unspecified atom stereocenters. The van der Waals surface area contributed by atoms with Gasteiger partial charge in [-0.15, -0.1) is 0 Å². The van der Waals surface area contributed by atoms with E-state index in [1.165, 1.54) is 0 Å². The highest BCUT2D eigenvalue weighted by Crippen LogP contribution is 2.25. The highest BCUT2D eigenvalue weighted by molar-refractivity contribution is 5.89. The molecule has 0 aromatic rings. The zero-order chi connectivity index (χ0) is 11.3. The van der Waals surface area contributed by atoms with Crippen LogP contribution in [-0.2, 0) is 9.63 Å². The van der Waals surface area contributed by atoms with E-state index in [9.17, 15) is 4.79 Å². The van der Waals surface area contributed by atoms with E-state index in [1.54, 1.807) is 0 Å². The van der Waals surface area contributed by atoms with Crippen LogP contribution in [0.5, 0.6) is 0 Å². The normalized spacial score (nSPS) is 10.6. The van der Waals surface area contributed by atoms with Gasteiger partial charge in [0.25, 0.3) is 0 Å². The molecule has 0 saturated heterocycles. The van der Waals surface area contributed by atoms with Gasteiger partial charge < -0.3 is 4.84 Å². The number of allylic oxidation sites excluding steroid dienone is 1. The van der Waals surface area contributed by atoms with Crippen molar-refractivity contribution in [1.29, 1.82) is 0 Å². The molecule has 82 valence electrons. The highest BCUT2D eigenvalue weighted by atomic mass is 16.7. The lowest BCUT2D eigenvalue weighted by atomic mass is 9.87. The first-order valence-electron chi connectivity index (χ1n) is 5.09. The van der Waals surface area contributed by atoms with Crippen molar-refractivity contribution in [3.05, 3.63) is 11.1 Å². The fourth-order valence-electron chi connectivity index (χ4n) is 1.90. The van der Waals surface area contributed by atoms with E-state index in [4.69, 9.17) is 5.90 Å². The second kappa shape index (κ2) is 5.81. The molecule has 0 amide bonds. The van der Waals surface area contributed by atoms with Crippen LogP contribution >= 0.6 is 0 Å². The Hall–Kier alpha value is -0.830. The Balaban J connectivity index is 5.19. The maximum Gasteiger partial charge on any atom is 0.352 e. The van der Waals surface area contributed by atoms with Gasteiger partial charge >= 0.3 is 5.97 Å². The molecule has 0 saturated carbocycles. The molecule has 0 aromatic carbocycles. The predicted octanol–water partition coefficient (Wildman–Crippen LogP) is 2.42. The summed E-state index contributed by atoms with van der Waals surface area (Å²) < 4.78 is 0. The number of rotatable bonds is 4. The minimum atomic E-state index is -0.398. The number of carbonyl (C=O) groups is 1. The maximum absolute atomic E-state index is 11.4. The van der Waals surface area contributed by atoms with Crippen LogP contribution in [0.3, 0.4) is 0 Å². The van der Waals surface area contributed by atoms with Crippen LogP contribution < -0.4 is 5.90 Å². The quantitative estimate of drug-likeness (QED) is 0.559. The second-order valence-electron chi connectivity index (χ2n) is 4.00. The Bertz CT molecular complexity index is 219. The summed E-state index contributed by atoms with van der Waals surface area (Å²) in [5.41, 5.74) is 1.86. The lowest BCUT2D eigenvalue weighted by molar-refractivity contribution is -0.139. The number of hydrogen-bond donors (Lipinski definition) is 1. The molecule has 0 aliphatic carbocycles. The van der Waals surface area contributed by atoms with Crippen molar-refractivity contribution < 1.29 is 9.63 Å². The van der Waals surface area contributed by atoms with Crippen molar-refractivity contribution in [2.24, 2.45) is 17.7 Å². The third-order valence-corrected chi connectivity index (χ3v) is 2.30. The van der Waals surface area contributed by atoms with E-state index in [0.717, 1.165) is 11.1 Å². The Morgan fingerprint density at radius 3 is 1.86 bits per heavy atom. The molecule has 0 bridgehead atoms. The van der Waals surface area contributed by atoms with Crippen molar-refractivity contribution in [3.8, 4) is 0 Å². The van der Waals surface area contributed by atoms with Crippen LogP contribution in [0.15, 0.2) is 11.1 Å². The van der Waals surface area contributed by atoms with Gasteiger partial charge in [-0.2, -0.15) is 5.90 Å². The molecule has 3 nitrogen and oxygen atoms in total. The molecule has 0 fully saturated rings. The Kier molecular flexibility index (Phi) is 5.46. The molecule has 0 aliphatic rings. The summed E-state index contributed by atoms with van der Waals surface area (Å²) in [6, 6.07) is 0. The third-order valence-electron chi connectivity index (χ3n) is 2.30. The van der Waals surface area contributed by atoms with Gasteiger partial charge in [0.15, 0.2) is 0 Å². The highest BCUT2D eigenvalue weighted by Gasteiger charge is 2.19. The summed E-state index contributed by atoms with van der Waals surface area (Å²) in [5, 5.41) is 0. The van der Waals surface area contributed by atoms with Gasteiger partial charge in [-0.1, -0.05) is 40.2 Å². The lowest BCUT2D eigenvalue weighted by Crippen LogP contribution is -2.17. The van der Waals surface area contributed by atoms with Crippen LogP contribution in [0.25, 0.3) is 0 Å². The molecule has 0 spiro atoms. The van der Waals surface area contributed by atoms with Crippen molar-refractivity contribution in [2.45, 2.75) is 41.0 Å². The van der Waals surface area contributed by atoms with Crippen LogP contribution in [0.1, 0.15) is 41.0 Å². The first-order chi connectivity index (χ1) is 6.45. The van der Waals surface area contributed by atoms with E-state index in [2.05, 4.69) is 32.5 Å². The molecule has 14 heavy (non-hydrogen) atoms. The van der Waals surface area contributed by atoms with Gasteiger partial charge in [0.1, 0.15) is 0 Å². The minimum Gasteiger partial charge on any atom is -0.370 e. The Morgan fingerprint density at radius 1 is 1.21 bits per heavy atom. The number of hydrogen-bond acceptors (Lipinski definition) is 3. The average molecular weight is 199 g/mol. The van der Waals surface area contributed by atoms with E-state index in [1.807, 2.05) is 6.92 Å². The molecular formula is C11H21NO2. The fourth-order valence-corrected chi connectivity index (χ4v) is 1.90. The van der Waals surface area contributed by atoms with E-state index in [-0.39, 0.29) is 0 Å². The van der Waals surface area contributed by atoms with Crippen molar-refractivity contribution in [1.82, 2.24) is 0 Å². The SMILES string of the molecule is CCC(C(=O)ON)=C(C(C)C)C(C)C. The fraction of sp³-hybridized carbons (Fsp3) is 0.727. The van der Waals surface area contributed by atoms with Crippen molar-refractivity contribution in [2.75, 3.05) is 0 Å². The first kappa shape index (κ1) is 13.2. The van der Waals surface area contributed by atoms with Crippen LogP contribution in [0.4, 0.5) is 0 Å². The van der Waals surface area contributed by atoms with Crippen LogP contribution in [0, 0.1) is 11.8 Å². The largest absolute Gasteiger partial charge is 0.370 e. The molecule has 0 radical (unpaired) electrons. The molecule has 2 N–H and O–H groups in total. The summed E-state index contributed by atoms with van der Waals surface area (Å²) in [6.45, 7) is 10.3. The summed E-state index contributed by atoms with van der Waals surface area (Å²) in [7, 11) is 0. The summed E-state index contributed by atoms with van der Waals surface area (Å²) >= 11 is 0. The molecule has 0 aliphatic heterocycles. The topological polar surface area (TPSA) is 52.3 Å². The zero-order valence-corrected chi connectivity index (χ0v) is 9.76. The van der Waals surface area contributed by atoms with Gasteiger partial charge in [0.05, 0.1) is 0 Å². The van der Waals surface area contributed by atoms with Gasteiger partial charge in [-0.3, -0.25) is 0 Å². The van der Waals surface area contributed by atoms with Crippen molar-refractivity contribution in [3.63, 3.8) is 0 Å². The molecule has 3 heteroatoms. The summed E-state index contributed by atoms with van der Waals surface area (Å²) in [6.07, 6.45) is 0.668. The summed E-state index contributed by atoms with van der Waals surface area (Å²) in [5.74, 6) is 5.21. The lowest BCUT2D eigenvalue weighted by Gasteiger charge is -2.19. The summed E-state index contributed by atoms with van der Waals surface area (Å²) in [4.78, 5) is 15.7. The van der Waals surface area contributed by atoms with Gasteiger partial charge in [0, 0.05) is 5.57 Å². The van der Waals surface area contributed by atoms with Crippen LogP contribution in [0.2, 0.25) is 0 Å². The molecule has 0 aromatic heterocycles. The van der Waals surface area contributed by atoms with E-state index in [0.29, 0.717) is 18.3 Å². The minimum absolute atomic E-state index is 0.351. The predicted molar refractivity (Wildman–Crippen MR) is 57.3 cm³/mol. The third kappa shape index (κ3) is 3.14. The number of nitrogens with two attached hydrogens (primary N) is 1. The van der Waals surface area contributed by atoms with Crippen LogP contribution in [-0.4, -0.2) is 5.97 Å². The van der Waals surface area contributed by atoms with Gasteiger partial charge in [0.2, 0.25) is 0 Å². The van der Waals surface area contributed by atoms with Crippen molar-refractivity contribution >= 4 is 5.97 Å². The first-order valence-corrected chi connectivity index (χ1v) is 5.09. The Morgan fingerprint density at radius 2 is 1.64 bits per heavy atom. The number of carbonyl (C=O) groups excluding carboxylic acids is 1. The zero-order valence-electron chi connectivity index (χ0n) is 9.76. The van der Waals surface area contributed by atoms with E-state index >= 15 is 0 Å². The second-order valence-corrected chi connectivity index (χ2v) is 4.00. The molecule has 0 atom stereocenters. The molecular weight excluding hydrogens is 178 g/mol. The van der Waals surface area contributed by atoms with Gasteiger partial charge in [-0.05, 0) is 18.3 Å². The monoisotopic (exact) mass is 199 g/mol. The Labute approximate surface area is 86.3 Å². The molecule has 0 heterocycles. The smallest absolute Gasteiger partial charge is 0.352 e. The average Bonchev–Trinajstić information content (AvgIpc) is 2.11.